The molecule has 13 heavy (non-hydrogen) atoms. The molecule has 1 N–H and O–H groups in total. The summed E-state index contributed by atoms with van der Waals surface area (Å²) in [4.78, 5) is 0. The van der Waals surface area contributed by atoms with Gasteiger partial charge >= 0.3 is 0 Å². The zero-order valence-electron chi connectivity index (χ0n) is 7.79. The van der Waals surface area contributed by atoms with Crippen LogP contribution < -0.4 is 10.1 Å². The van der Waals surface area contributed by atoms with Crippen LogP contribution in [-0.2, 0) is 0 Å². The maximum Gasteiger partial charge on any atom is 0.120 e. The molecule has 1 rings (SSSR count). The molecule has 0 saturated heterocycles. The first-order valence-corrected chi connectivity index (χ1v) is 4.99. The second kappa shape index (κ2) is 5.75. The highest BCUT2D eigenvalue weighted by atomic mass is 32.1. The second-order valence-corrected chi connectivity index (χ2v) is 3.18. The van der Waals surface area contributed by atoms with Gasteiger partial charge in [-0.15, -0.1) is 0 Å². The minimum Gasteiger partial charge on any atom is -0.497 e. The molecule has 3 heteroatoms. The van der Waals surface area contributed by atoms with Gasteiger partial charge in [0.15, 0.2) is 0 Å². The van der Waals surface area contributed by atoms with E-state index in [2.05, 4.69) is 17.9 Å². The highest BCUT2D eigenvalue weighted by Crippen LogP contribution is 2.16. The third-order valence-corrected chi connectivity index (χ3v) is 2.05. The molecule has 0 aromatic heterocycles. The summed E-state index contributed by atoms with van der Waals surface area (Å²) in [6.07, 6.45) is 1.07. The molecule has 72 valence electrons. The molecule has 0 bridgehead atoms. The summed E-state index contributed by atoms with van der Waals surface area (Å²) in [5.74, 6) is 1.80. The molecule has 0 atom stereocenters. The fraction of sp³-hybridized carbons (Fsp3) is 0.400. The molecule has 0 aliphatic heterocycles. The lowest BCUT2D eigenvalue weighted by atomic mass is 10.3. The van der Waals surface area contributed by atoms with Gasteiger partial charge in [-0.3, -0.25) is 0 Å². The van der Waals surface area contributed by atoms with Crippen molar-refractivity contribution in [2.75, 3.05) is 24.7 Å². The Morgan fingerprint density at radius 3 is 3.00 bits per heavy atom. The number of hydrogen-bond donors (Lipinski definition) is 2. The molecule has 0 spiro atoms. The van der Waals surface area contributed by atoms with E-state index in [0.717, 1.165) is 30.2 Å². The van der Waals surface area contributed by atoms with E-state index in [-0.39, 0.29) is 0 Å². The number of thiol groups is 1. The van der Waals surface area contributed by atoms with Gasteiger partial charge in [-0.25, -0.2) is 0 Å². The average Bonchev–Trinajstić information content (AvgIpc) is 2.19. The summed E-state index contributed by atoms with van der Waals surface area (Å²) >= 11 is 4.14. The van der Waals surface area contributed by atoms with Crippen molar-refractivity contribution in [3.63, 3.8) is 0 Å². The van der Waals surface area contributed by atoms with Crippen LogP contribution in [0.1, 0.15) is 6.42 Å². The van der Waals surface area contributed by atoms with E-state index in [9.17, 15) is 0 Å². The number of ether oxygens (including phenoxy) is 1. The summed E-state index contributed by atoms with van der Waals surface area (Å²) in [5.41, 5.74) is 1.10. The highest BCUT2D eigenvalue weighted by molar-refractivity contribution is 7.80. The smallest absolute Gasteiger partial charge is 0.120 e. The fourth-order valence-corrected chi connectivity index (χ4v) is 1.20. The Kier molecular flexibility index (Phi) is 4.54. The lowest BCUT2D eigenvalue weighted by molar-refractivity contribution is 0.415. The quantitative estimate of drug-likeness (QED) is 0.559. The van der Waals surface area contributed by atoms with Crippen molar-refractivity contribution in [3.05, 3.63) is 24.3 Å². The van der Waals surface area contributed by atoms with Crippen molar-refractivity contribution in [2.24, 2.45) is 0 Å². The van der Waals surface area contributed by atoms with Crippen LogP contribution in [0, 0.1) is 0 Å². The first kappa shape index (κ1) is 10.3. The first-order valence-electron chi connectivity index (χ1n) is 4.35. The predicted molar refractivity (Wildman–Crippen MR) is 60.0 cm³/mol. The van der Waals surface area contributed by atoms with Gasteiger partial charge < -0.3 is 10.1 Å². The van der Waals surface area contributed by atoms with Gasteiger partial charge in [0, 0.05) is 18.3 Å². The fourth-order valence-electron chi connectivity index (χ4n) is 1.04. The van der Waals surface area contributed by atoms with Gasteiger partial charge in [0.1, 0.15) is 5.75 Å². The Labute approximate surface area is 84.7 Å². The molecular weight excluding hydrogens is 182 g/mol. The molecule has 2 nitrogen and oxygen atoms in total. The molecule has 0 aliphatic rings. The highest BCUT2D eigenvalue weighted by Gasteiger charge is 1.93. The predicted octanol–water partition coefficient (Wildman–Crippen LogP) is 2.43. The number of hydrogen-bond acceptors (Lipinski definition) is 3. The Hall–Kier alpha value is -0.830. The van der Waals surface area contributed by atoms with Crippen LogP contribution in [0.3, 0.4) is 0 Å². The monoisotopic (exact) mass is 197 g/mol. The standard InChI is InChI=1S/C10H15NOS/c1-12-10-5-2-4-9(8-10)11-6-3-7-13/h2,4-5,8,11,13H,3,6-7H2,1H3. The van der Waals surface area contributed by atoms with Gasteiger partial charge in [0.25, 0.3) is 0 Å². The summed E-state index contributed by atoms with van der Waals surface area (Å²) in [6.45, 7) is 0.955. The molecule has 0 aliphatic carbocycles. The van der Waals surface area contributed by atoms with Crippen LogP contribution in [-0.4, -0.2) is 19.4 Å². The van der Waals surface area contributed by atoms with Gasteiger partial charge in [0.05, 0.1) is 7.11 Å². The average molecular weight is 197 g/mol. The maximum absolute atomic E-state index is 5.11. The molecule has 0 saturated carbocycles. The van der Waals surface area contributed by atoms with Crippen LogP contribution in [0.15, 0.2) is 24.3 Å². The number of methoxy groups -OCH3 is 1. The first-order chi connectivity index (χ1) is 6.36. The van der Waals surface area contributed by atoms with E-state index < -0.39 is 0 Å². The topological polar surface area (TPSA) is 21.3 Å². The van der Waals surface area contributed by atoms with Crippen molar-refractivity contribution >= 4 is 18.3 Å². The van der Waals surface area contributed by atoms with Gasteiger partial charge in [-0.1, -0.05) is 6.07 Å². The zero-order valence-corrected chi connectivity index (χ0v) is 8.68. The van der Waals surface area contributed by atoms with Crippen molar-refractivity contribution in [3.8, 4) is 5.75 Å². The van der Waals surface area contributed by atoms with Gasteiger partial charge in [0.2, 0.25) is 0 Å². The maximum atomic E-state index is 5.11. The van der Waals surface area contributed by atoms with Crippen molar-refractivity contribution < 1.29 is 4.74 Å². The summed E-state index contributed by atoms with van der Waals surface area (Å²) in [6, 6.07) is 7.92. The lowest BCUT2D eigenvalue weighted by Gasteiger charge is -2.06. The SMILES string of the molecule is COc1cccc(NCCCS)c1. The Morgan fingerprint density at radius 2 is 2.31 bits per heavy atom. The third kappa shape index (κ3) is 3.59. The van der Waals surface area contributed by atoms with Gasteiger partial charge in [-0.05, 0) is 24.3 Å². The molecule has 0 unspecified atom stereocenters. The van der Waals surface area contributed by atoms with Crippen LogP contribution in [0.5, 0.6) is 5.75 Å². The number of rotatable bonds is 5. The van der Waals surface area contributed by atoms with Crippen LogP contribution in [0.2, 0.25) is 0 Å². The Morgan fingerprint density at radius 1 is 1.46 bits per heavy atom. The number of benzene rings is 1. The van der Waals surface area contributed by atoms with Crippen LogP contribution >= 0.6 is 12.6 Å². The molecule has 0 radical (unpaired) electrons. The molecule has 0 heterocycles. The Balaban J connectivity index is 2.46. The molecule has 1 aromatic carbocycles. The van der Waals surface area contributed by atoms with E-state index in [1.165, 1.54) is 0 Å². The van der Waals surface area contributed by atoms with Gasteiger partial charge in [-0.2, -0.15) is 12.6 Å². The van der Waals surface area contributed by atoms with E-state index in [4.69, 9.17) is 4.74 Å². The van der Waals surface area contributed by atoms with E-state index in [1.54, 1.807) is 7.11 Å². The minimum atomic E-state index is 0.885. The van der Waals surface area contributed by atoms with Crippen LogP contribution in [0.4, 0.5) is 5.69 Å². The van der Waals surface area contributed by atoms with Crippen LogP contribution in [0.25, 0.3) is 0 Å². The largest absolute Gasteiger partial charge is 0.497 e. The molecule has 0 amide bonds. The molecule has 1 aromatic rings. The van der Waals surface area contributed by atoms with E-state index in [1.807, 2.05) is 24.3 Å². The number of nitrogens with one attached hydrogen (secondary N) is 1. The van der Waals surface area contributed by atoms with Crippen molar-refractivity contribution in [2.45, 2.75) is 6.42 Å². The van der Waals surface area contributed by atoms with Crippen molar-refractivity contribution in [1.29, 1.82) is 0 Å². The van der Waals surface area contributed by atoms with E-state index in [0.29, 0.717) is 0 Å². The number of anilines is 1. The molecular formula is C10H15NOS. The summed E-state index contributed by atoms with van der Waals surface area (Å²) in [5, 5.41) is 3.29. The summed E-state index contributed by atoms with van der Waals surface area (Å²) in [7, 11) is 1.67. The lowest BCUT2D eigenvalue weighted by Crippen LogP contribution is -2.01. The van der Waals surface area contributed by atoms with Crippen molar-refractivity contribution in [1.82, 2.24) is 0 Å². The second-order valence-electron chi connectivity index (χ2n) is 2.74. The third-order valence-electron chi connectivity index (χ3n) is 1.73. The molecule has 0 fully saturated rings. The normalized spacial score (nSPS) is 9.69. The minimum absolute atomic E-state index is 0.885. The summed E-state index contributed by atoms with van der Waals surface area (Å²) < 4.78 is 5.11. The zero-order chi connectivity index (χ0) is 9.52. The Bertz CT molecular complexity index is 252. The van der Waals surface area contributed by atoms with E-state index >= 15 is 0 Å².